The summed E-state index contributed by atoms with van der Waals surface area (Å²) in [6.45, 7) is 0.908. The van der Waals surface area contributed by atoms with E-state index in [4.69, 9.17) is 5.26 Å². The van der Waals surface area contributed by atoms with Crippen LogP contribution >= 0.6 is 11.3 Å². The van der Waals surface area contributed by atoms with Crippen molar-refractivity contribution in [2.24, 2.45) is 0 Å². The van der Waals surface area contributed by atoms with Crippen LogP contribution in [0.15, 0.2) is 17.5 Å². The van der Waals surface area contributed by atoms with Crippen LogP contribution < -0.4 is 0 Å². The number of nitrogens with zero attached hydrogens (tertiary/aromatic N) is 2. The maximum atomic E-state index is 8.97. The topological polar surface area (TPSA) is 27.0 Å². The van der Waals surface area contributed by atoms with Gasteiger partial charge in [0.1, 0.15) is 5.54 Å². The molecule has 1 aliphatic carbocycles. The average Bonchev–Trinajstić information content (AvgIpc) is 2.79. The van der Waals surface area contributed by atoms with Crippen LogP contribution in [0.25, 0.3) is 0 Å². The maximum Gasteiger partial charge on any atom is 0.109 e. The van der Waals surface area contributed by atoms with Crippen molar-refractivity contribution in [3.8, 4) is 6.07 Å². The Hall–Kier alpha value is -0.850. The fraction of sp³-hybridized carbons (Fsp3) is 0.500. The lowest BCUT2D eigenvalue weighted by Gasteiger charge is -2.20. The van der Waals surface area contributed by atoms with Gasteiger partial charge in [-0.15, -0.1) is 11.3 Å². The molecule has 3 heteroatoms. The third-order valence-electron chi connectivity index (χ3n) is 2.64. The maximum absolute atomic E-state index is 8.97. The van der Waals surface area contributed by atoms with Crippen molar-refractivity contribution in [2.45, 2.75) is 24.9 Å². The van der Waals surface area contributed by atoms with Crippen LogP contribution in [0.4, 0.5) is 0 Å². The van der Waals surface area contributed by atoms with Crippen LogP contribution in [0.5, 0.6) is 0 Å². The smallest absolute Gasteiger partial charge is 0.109 e. The number of thiophene rings is 1. The van der Waals surface area contributed by atoms with E-state index in [2.05, 4.69) is 28.5 Å². The second-order valence-corrected chi connectivity index (χ2v) is 4.61. The first-order valence-electron chi connectivity index (χ1n) is 4.42. The van der Waals surface area contributed by atoms with E-state index in [-0.39, 0.29) is 5.54 Å². The quantitative estimate of drug-likeness (QED) is 0.734. The highest BCUT2D eigenvalue weighted by Crippen LogP contribution is 2.40. The predicted octanol–water partition coefficient (Wildman–Crippen LogP) is 2.24. The zero-order chi connectivity index (χ0) is 9.31. The van der Waals surface area contributed by atoms with Gasteiger partial charge in [0.15, 0.2) is 0 Å². The lowest BCUT2D eigenvalue weighted by molar-refractivity contribution is 0.264. The van der Waals surface area contributed by atoms with Crippen molar-refractivity contribution in [3.05, 3.63) is 22.4 Å². The average molecular weight is 192 g/mol. The highest BCUT2D eigenvalue weighted by atomic mass is 32.1. The summed E-state index contributed by atoms with van der Waals surface area (Å²) in [6.07, 6.45) is 2.07. The fourth-order valence-corrected chi connectivity index (χ4v) is 2.24. The molecule has 0 spiro atoms. The predicted molar refractivity (Wildman–Crippen MR) is 53.4 cm³/mol. The first-order valence-corrected chi connectivity index (χ1v) is 5.30. The second-order valence-electron chi connectivity index (χ2n) is 3.58. The Morgan fingerprint density at radius 1 is 1.69 bits per heavy atom. The van der Waals surface area contributed by atoms with Gasteiger partial charge in [-0.1, -0.05) is 6.07 Å². The largest absolute Gasteiger partial charge is 0.283 e. The monoisotopic (exact) mass is 192 g/mol. The van der Waals surface area contributed by atoms with E-state index in [9.17, 15) is 0 Å². The fourth-order valence-electron chi connectivity index (χ4n) is 1.48. The SMILES string of the molecule is CN(Cc1cccs1)C1(C#N)CC1. The number of nitriles is 1. The van der Waals surface area contributed by atoms with E-state index in [1.807, 2.05) is 7.05 Å². The molecule has 2 nitrogen and oxygen atoms in total. The summed E-state index contributed by atoms with van der Waals surface area (Å²) in [4.78, 5) is 3.50. The van der Waals surface area contributed by atoms with Gasteiger partial charge >= 0.3 is 0 Å². The van der Waals surface area contributed by atoms with E-state index < -0.39 is 0 Å². The molecule has 0 bridgehead atoms. The molecule has 0 radical (unpaired) electrons. The van der Waals surface area contributed by atoms with E-state index in [0.717, 1.165) is 19.4 Å². The Balaban J connectivity index is 2.00. The van der Waals surface area contributed by atoms with Gasteiger partial charge in [-0.3, -0.25) is 4.90 Å². The van der Waals surface area contributed by atoms with Crippen LogP contribution in [0.2, 0.25) is 0 Å². The van der Waals surface area contributed by atoms with Gasteiger partial charge in [-0.25, -0.2) is 0 Å². The molecule has 2 rings (SSSR count). The summed E-state index contributed by atoms with van der Waals surface area (Å²) in [5, 5.41) is 11.0. The normalized spacial score (nSPS) is 18.5. The molecule has 1 aromatic heterocycles. The molecule has 13 heavy (non-hydrogen) atoms. The molecule has 1 heterocycles. The summed E-state index contributed by atoms with van der Waals surface area (Å²) in [7, 11) is 2.04. The first kappa shape index (κ1) is 8.74. The Kier molecular flexibility index (Phi) is 2.10. The lowest BCUT2D eigenvalue weighted by Crippen LogP contribution is -2.31. The molecule has 1 aliphatic rings. The van der Waals surface area contributed by atoms with Crippen molar-refractivity contribution in [1.82, 2.24) is 4.90 Å². The van der Waals surface area contributed by atoms with Gasteiger partial charge in [0.25, 0.3) is 0 Å². The Labute approximate surface area is 82.4 Å². The standard InChI is InChI=1S/C10H12N2S/c1-12(10(8-11)4-5-10)7-9-3-2-6-13-9/h2-3,6H,4-5,7H2,1H3. The van der Waals surface area contributed by atoms with Crippen LogP contribution in [-0.2, 0) is 6.54 Å². The van der Waals surface area contributed by atoms with E-state index >= 15 is 0 Å². The van der Waals surface area contributed by atoms with E-state index in [1.165, 1.54) is 4.88 Å². The van der Waals surface area contributed by atoms with Gasteiger partial charge < -0.3 is 0 Å². The van der Waals surface area contributed by atoms with Gasteiger partial charge in [0.05, 0.1) is 6.07 Å². The molecule has 1 aromatic rings. The zero-order valence-corrected chi connectivity index (χ0v) is 8.47. The third-order valence-corrected chi connectivity index (χ3v) is 3.50. The van der Waals surface area contributed by atoms with Crippen molar-refractivity contribution in [3.63, 3.8) is 0 Å². The molecule has 0 saturated heterocycles. The van der Waals surface area contributed by atoms with Gasteiger partial charge in [0.2, 0.25) is 0 Å². The minimum Gasteiger partial charge on any atom is -0.283 e. The van der Waals surface area contributed by atoms with E-state index in [1.54, 1.807) is 11.3 Å². The number of hydrogen-bond donors (Lipinski definition) is 0. The highest BCUT2D eigenvalue weighted by molar-refractivity contribution is 7.09. The van der Waals surface area contributed by atoms with Crippen LogP contribution in [0.1, 0.15) is 17.7 Å². The van der Waals surface area contributed by atoms with Crippen molar-refractivity contribution < 1.29 is 0 Å². The zero-order valence-electron chi connectivity index (χ0n) is 7.66. The Morgan fingerprint density at radius 2 is 2.46 bits per heavy atom. The molecule has 0 unspecified atom stereocenters. The van der Waals surface area contributed by atoms with Crippen molar-refractivity contribution >= 4 is 11.3 Å². The molecule has 1 fully saturated rings. The molecule has 0 atom stereocenters. The minimum absolute atomic E-state index is 0.135. The molecular formula is C10H12N2S. The summed E-state index contributed by atoms with van der Waals surface area (Å²) in [5.41, 5.74) is -0.135. The Bertz CT molecular complexity index is 319. The van der Waals surface area contributed by atoms with Gasteiger partial charge in [0, 0.05) is 11.4 Å². The molecule has 0 aliphatic heterocycles. The van der Waals surface area contributed by atoms with Crippen LogP contribution in [0, 0.1) is 11.3 Å². The van der Waals surface area contributed by atoms with Crippen LogP contribution in [0.3, 0.4) is 0 Å². The minimum atomic E-state index is -0.135. The third kappa shape index (κ3) is 1.60. The van der Waals surface area contributed by atoms with Gasteiger partial charge in [-0.05, 0) is 31.3 Å². The lowest BCUT2D eigenvalue weighted by atomic mass is 10.2. The van der Waals surface area contributed by atoms with Crippen molar-refractivity contribution in [2.75, 3.05) is 7.05 Å². The summed E-state index contributed by atoms with van der Waals surface area (Å²) in [5.74, 6) is 0. The molecular weight excluding hydrogens is 180 g/mol. The molecule has 68 valence electrons. The first-order chi connectivity index (χ1) is 6.27. The molecule has 0 amide bonds. The van der Waals surface area contributed by atoms with Crippen LogP contribution in [-0.4, -0.2) is 17.5 Å². The summed E-state index contributed by atoms with van der Waals surface area (Å²) < 4.78 is 0. The molecule has 1 saturated carbocycles. The second kappa shape index (κ2) is 3.13. The van der Waals surface area contributed by atoms with Crippen molar-refractivity contribution in [1.29, 1.82) is 5.26 Å². The van der Waals surface area contributed by atoms with Gasteiger partial charge in [-0.2, -0.15) is 5.26 Å². The summed E-state index contributed by atoms with van der Waals surface area (Å²) >= 11 is 1.75. The summed E-state index contributed by atoms with van der Waals surface area (Å²) in [6, 6.07) is 6.57. The highest BCUT2D eigenvalue weighted by Gasteiger charge is 2.46. The number of rotatable bonds is 3. The molecule has 0 N–H and O–H groups in total. The molecule has 0 aromatic carbocycles. The Morgan fingerprint density at radius 3 is 2.92 bits per heavy atom. The van der Waals surface area contributed by atoms with E-state index in [0.29, 0.717) is 0 Å². The number of hydrogen-bond acceptors (Lipinski definition) is 3.